The number of anilines is 1. The molecule has 0 saturated carbocycles. The molecule has 0 aliphatic carbocycles. The zero-order chi connectivity index (χ0) is 14.8. The number of hydrogen-bond acceptors (Lipinski definition) is 3. The van der Waals surface area contributed by atoms with E-state index in [-0.39, 0.29) is 18.4 Å². The van der Waals surface area contributed by atoms with Crippen LogP contribution in [0.2, 0.25) is 0 Å². The monoisotopic (exact) mass is 360 g/mol. The second-order valence-corrected chi connectivity index (χ2v) is 7.85. The molecule has 20 heavy (non-hydrogen) atoms. The number of benzene rings is 1. The molecule has 1 atom stereocenters. The van der Waals surface area contributed by atoms with Gasteiger partial charge >= 0.3 is 0 Å². The van der Waals surface area contributed by atoms with Crippen LogP contribution in [-0.4, -0.2) is 38.0 Å². The Morgan fingerprint density at radius 1 is 1.35 bits per heavy atom. The van der Waals surface area contributed by atoms with Crippen molar-refractivity contribution in [3.05, 3.63) is 28.7 Å². The highest BCUT2D eigenvalue weighted by Gasteiger charge is 2.30. The van der Waals surface area contributed by atoms with Gasteiger partial charge in [0.25, 0.3) is 0 Å². The molecule has 5 nitrogen and oxygen atoms in total. The number of halogens is 1. The van der Waals surface area contributed by atoms with Crippen LogP contribution < -0.4 is 5.32 Å². The van der Waals surface area contributed by atoms with Crippen LogP contribution in [0.15, 0.2) is 28.7 Å². The SMILES string of the molecule is CS(=O)(=O)N1CCCC(C(=O)Nc2ccc(Br)cc2)C1. The maximum atomic E-state index is 12.2. The third-order valence-electron chi connectivity index (χ3n) is 3.34. The van der Waals surface area contributed by atoms with Gasteiger partial charge in [-0.25, -0.2) is 12.7 Å². The molecule has 1 fully saturated rings. The van der Waals surface area contributed by atoms with Crippen LogP contribution in [0.4, 0.5) is 5.69 Å². The smallest absolute Gasteiger partial charge is 0.228 e. The van der Waals surface area contributed by atoms with Gasteiger partial charge in [0.2, 0.25) is 15.9 Å². The first-order valence-electron chi connectivity index (χ1n) is 6.38. The molecule has 1 heterocycles. The highest BCUT2D eigenvalue weighted by atomic mass is 79.9. The number of nitrogens with zero attached hydrogens (tertiary/aromatic N) is 1. The number of carbonyl (C=O) groups excluding carboxylic acids is 1. The topological polar surface area (TPSA) is 66.5 Å². The van der Waals surface area contributed by atoms with Crippen molar-refractivity contribution in [1.29, 1.82) is 0 Å². The molecule has 2 rings (SSSR count). The molecule has 1 saturated heterocycles. The molecule has 1 aliphatic heterocycles. The maximum Gasteiger partial charge on any atom is 0.228 e. The Hall–Kier alpha value is -0.920. The number of amides is 1. The van der Waals surface area contributed by atoms with Crippen LogP contribution in [-0.2, 0) is 14.8 Å². The van der Waals surface area contributed by atoms with E-state index in [1.165, 1.54) is 10.6 Å². The van der Waals surface area contributed by atoms with Crippen LogP contribution in [0.1, 0.15) is 12.8 Å². The van der Waals surface area contributed by atoms with Crippen LogP contribution in [0, 0.1) is 5.92 Å². The number of sulfonamides is 1. The highest BCUT2D eigenvalue weighted by molar-refractivity contribution is 9.10. The Bertz CT molecular complexity index is 586. The van der Waals surface area contributed by atoms with Gasteiger partial charge in [-0.15, -0.1) is 0 Å². The van der Waals surface area contributed by atoms with Crippen LogP contribution in [0.3, 0.4) is 0 Å². The molecule has 0 bridgehead atoms. The van der Waals surface area contributed by atoms with E-state index in [1.807, 2.05) is 12.1 Å². The summed E-state index contributed by atoms with van der Waals surface area (Å²) in [6, 6.07) is 7.30. The first-order chi connectivity index (χ1) is 9.36. The van der Waals surface area contributed by atoms with Crippen LogP contribution in [0.5, 0.6) is 0 Å². The predicted molar refractivity (Wildman–Crippen MR) is 81.9 cm³/mol. The van der Waals surface area contributed by atoms with E-state index in [2.05, 4.69) is 21.2 Å². The van der Waals surface area contributed by atoms with Gasteiger partial charge < -0.3 is 5.32 Å². The molecule has 0 aromatic heterocycles. The zero-order valence-electron chi connectivity index (χ0n) is 11.2. The highest BCUT2D eigenvalue weighted by Crippen LogP contribution is 2.21. The van der Waals surface area contributed by atoms with E-state index < -0.39 is 10.0 Å². The number of piperidine rings is 1. The predicted octanol–water partition coefficient (Wildman–Crippen LogP) is 2.06. The van der Waals surface area contributed by atoms with Gasteiger partial charge in [-0.1, -0.05) is 15.9 Å². The van der Waals surface area contributed by atoms with E-state index in [9.17, 15) is 13.2 Å². The summed E-state index contributed by atoms with van der Waals surface area (Å²) < 4.78 is 25.4. The summed E-state index contributed by atoms with van der Waals surface area (Å²) in [6.45, 7) is 0.766. The van der Waals surface area contributed by atoms with Gasteiger partial charge in [-0.05, 0) is 37.1 Å². The van der Waals surface area contributed by atoms with Crippen molar-refractivity contribution in [3.8, 4) is 0 Å². The van der Waals surface area contributed by atoms with Gasteiger partial charge in [0.15, 0.2) is 0 Å². The normalized spacial score (nSPS) is 20.6. The zero-order valence-corrected chi connectivity index (χ0v) is 13.6. The van der Waals surface area contributed by atoms with Crippen molar-refractivity contribution < 1.29 is 13.2 Å². The van der Waals surface area contributed by atoms with Gasteiger partial charge in [0, 0.05) is 23.2 Å². The summed E-state index contributed by atoms with van der Waals surface area (Å²) in [5, 5.41) is 2.83. The van der Waals surface area contributed by atoms with Crippen molar-refractivity contribution in [2.75, 3.05) is 24.7 Å². The lowest BCUT2D eigenvalue weighted by molar-refractivity contribution is -0.120. The second kappa shape index (κ2) is 6.24. The van der Waals surface area contributed by atoms with Gasteiger partial charge in [0.1, 0.15) is 0 Å². The first kappa shape index (κ1) is 15.5. The fourth-order valence-electron chi connectivity index (χ4n) is 2.24. The number of nitrogens with one attached hydrogen (secondary N) is 1. The average Bonchev–Trinajstić information content (AvgIpc) is 2.40. The fourth-order valence-corrected chi connectivity index (χ4v) is 3.41. The van der Waals surface area contributed by atoms with E-state index >= 15 is 0 Å². The molecular formula is C13H17BrN2O3S. The Labute approximate surface area is 127 Å². The van der Waals surface area contributed by atoms with Gasteiger partial charge in [0.05, 0.1) is 12.2 Å². The summed E-state index contributed by atoms with van der Waals surface area (Å²) in [5.74, 6) is -0.414. The third kappa shape index (κ3) is 4.04. The van der Waals surface area contributed by atoms with E-state index in [0.29, 0.717) is 19.4 Å². The lowest BCUT2D eigenvalue weighted by Gasteiger charge is -2.30. The lowest BCUT2D eigenvalue weighted by atomic mass is 9.99. The van der Waals surface area contributed by atoms with Gasteiger partial charge in [-0.2, -0.15) is 0 Å². The molecule has 0 radical (unpaired) electrons. The molecule has 1 amide bonds. The number of carbonyl (C=O) groups is 1. The molecule has 1 aromatic carbocycles. The maximum absolute atomic E-state index is 12.2. The van der Waals surface area contributed by atoms with Crippen molar-refractivity contribution >= 4 is 37.5 Å². The minimum Gasteiger partial charge on any atom is -0.326 e. The van der Waals surface area contributed by atoms with Crippen molar-refractivity contribution in [2.24, 2.45) is 5.92 Å². The minimum absolute atomic E-state index is 0.124. The first-order valence-corrected chi connectivity index (χ1v) is 9.02. The van der Waals surface area contributed by atoms with Crippen LogP contribution >= 0.6 is 15.9 Å². The Kier molecular flexibility index (Phi) is 4.82. The summed E-state index contributed by atoms with van der Waals surface area (Å²) in [5.41, 5.74) is 0.717. The summed E-state index contributed by atoms with van der Waals surface area (Å²) in [6.07, 6.45) is 2.61. The fraction of sp³-hybridized carbons (Fsp3) is 0.462. The van der Waals surface area contributed by atoms with E-state index in [4.69, 9.17) is 0 Å². The lowest BCUT2D eigenvalue weighted by Crippen LogP contribution is -2.43. The van der Waals surface area contributed by atoms with E-state index in [1.54, 1.807) is 12.1 Å². The summed E-state index contributed by atoms with van der Waals surface area (Å²) in [7, 11) is -3.22. The number of hydrogen-bond donors (Lipinski definition) is 1. The standard InChI is InChI=1S/C13H17BrN2O3S/c1-20(18,19)16-8-2-3-10(9-16)13(17)15-12-6-4-11(14)5-7-12/h4-7,10H,2-3,8-9H2,1H3,(H,15,17). The molecule has 0 spiro atoms. The largest absolute Gasteiger partial charge is 0.326 e. The number of rotatable bonds is 3. The van der Waals surface area contributed by atoms with Crippen molar-refractivity contribution in [1.82, 2.24) is 4.31 Å². The second-order valence-electron chi connectivity index (χ2n) is 4.96. The Balaban J connectivity index is 2.00. The van der Waals surface area contributed by atoms with Gasteiger partial charge in [-0.3, -0.25) is 4.79 Å². The Morgan fingerprint density at radius 2 is 2.00 bits per heavy atom. The van der Waals surface area contributed by atoms with Crippen molar-refractivity contribution in [2.45, 2.75) is 12.8 Å². The minimum atomic E-state index is -3.22. The average molecular weight is 361 g/mol. The molecule has 110 valence electrons. The summed E-state index contributed by atoms with van der Waals surface area (Å²) in [4.78, 5) is 12.2. The molecule has 1 aliphatic rings. The molecule has 7 heteroatoms. The summed E-state index contributed by atoms with van der Waals surface area (Å²) >= 11 is 3.33. The molecule has 1 unspecified atom stereocenters. The van der Waals surface area contributed by atoms with E-state index in [0.717, 1.165) is 10.2 Å². The molecular weight excluding hydrogens is 344 g/mol. The third-order valence-corrected chi connectivity index (χ3v) is 5.13. The Morgan fingerprint density at radius 3 is 2.60 bits per heavy atom. The quantitative estimate of drug-likeness (QED) is 0.896. The van der Waals surface area contributed by atoms with Crippen molar-refractivity contribution in [3.63, 3.8) is 0 Å². The van der Waals surface area contributed by atoms with Crippen LogP contribution in [0.25, 0.3) is 0 Å². The molecule has 1 aromatic rings. The molecule has 1 N–H and O–H groups in total.